The second-order valence-corrected chi connectivity index (χ2v) is 3.47. The zero-order valence-corrected chi connectivity index (χ0v) is 10.2. The van der Waals surface area contributed by atoms with Gasteiger partial charge in [0, 0.05) is 6.42 Å². The normalized spacial score (nSPS) is 11.4. The van der Waals surface area contributed by atoms with Gasteiger partial charge in [-0.2, -0.15) is 0 Å². The molecule has 1 aromatic carbocycles. The van der Waals surface area contributed by atoms with Gasteiger partial charge in [-0.05, 0) is 18.9 Å². The van der Waals surface area contributed by atoms with E-state index in [-0.39, 0.29) is 24.4 Å². The van der Waals surface area contributed by atoms with E-state index in [9.17, 15) is 4.79 Å². The Balaban J connectivity index is 0.00000225. The first-order valence-corrected chi connectivity index (χ1v) is 5.27. The zero-order chi connectivity index (χ0) is 11.1. The largest absolute Gasteiger partial charge is 1.00 e. The molecule has 0 radical (unpaired) electrons. The summed E-state index contributed by atoms with van der Waals surface area (Å²) >= 11 is 0. The van der Waals surface area contributed by atoms with Crippen LogP contribution in [0.2, 0.25) is 0 Å². The van der Waals surface area contributed by atoms with Gasteiger partial charge >= 0.3 is 5.97 Å². The third-order valence-electron chi connectivity index (χ3n) is 2.24. The van der Waals surface area contributed by atoms with E-state index in [4.69, 9.17) is 4.74 Å². The second kappa shape index (κ2) is 8.13. The molecule has 0 saturated carbocycles. The summed E-state index contributed by atoms with van der Waals surface area (Å²) in [6.45, 7) is 2.23. The Bertz CT molecular complexity index is 303. The molecule has 0 aliphatic carbocycles. The first kappa shape index (κ1) is 14.9. The minimum absolute atomic E-state index is 0. The molecular weight excluding hydrogens is 227 g/mol. The average molecular weight is 245 g/mol. The first-order valence-electron chi connectivity index (χ1n) is 5.27. The van der Waals surface area contributed by atoms with E-state index in [0.717, 1.165) is 12.8 Å². The summed E-state index contributed by atoms with van der Waals surface area (Å²) in [5, 5.41) is 0. The standard InChI is InChI=1S/C12H17NO2.ClH/c1-2-15-12(14)11(13)9-8-10-6-4-3-5-7-10;/h3-7,11H,2,8-9,13H2,1H3;1H/i13+1;. The SMILES string of the molecule is CCOC(=O)C([15NH3+])CCc1ccccc1.[Cl-]. The molecule has 3 nitrogen and oxygen atoms in total. The lowest BCUT2D eigenvalue weighted by Crippen LogP contribution is -3.00. The highest BCUT2D eigenvalue weighted by Crippen LogP contribution is 2.03. The van der Waals surface area contributed by atoms with Crippen LogP contribution in [0.25, 0.3) is 0 Å². The van der Waals surface area contributed by atoms with Gasteiger partial charge in [-0.15, -0.1) is 0 Å². The molecule has 0 heterocycles. The maximum atomic E-state index is 11.3. The summed E-state index contributed by atoms with van der Waals surface area (Å²) in [4.78, 5) is 11.3. The van der Waals surface area contributed by atoms with Crippen LogP contribution >= 0.6 is 0 Å². The van der Waals surface area contributed by atoms with Gasteiger partial charge in [0.2, 0.25) is 0 Å². The van der Waals surface area contributed by atoms with Crippen LogP contribution in [0.1, 0.15) is 18.9 Å². The highest BCUT2D eigenvalue weighted by Gasteiger charge is 2.17. The molecular formula is C12H18ClNO2. The van der Waals surface area contributed by atoms with Crippen molar-refractivity contribution in [1.29, 1.82) is 0 Å². The molecule has 90 valence electrons. The summed E-state index contributed by atoms with van der Waals surface area (Å²) in [6, 6.07) is 9.83. The predicted molar refractivity (Wildman–Crippen MR) is 58.1 cm³/mol. The van der Waals surface area contributed by atoms with E-state index >= 15 is 0 Å². The molecule has 0 fully saturated rings. The topological polar surface area (TPSA) is 53.9 Å². The molecule has 0 aliphatic heterocycles. The van der Waals surface area contributed by atoms with E-state index in [1.165, 1.54) is 5.56 Å². The molecule has 0 aliphatic rings. The second-order valence-electron chi connectivity index (χ2n) is 3.47. The molecule has 0 aromatic heterocycles. The highest BCUT2D eigenvalue weighted by atomic mass is 35.5. The van der Waals surface area contributed by atoms with Crippen LogP contribution in [0.5, 0.6) is 0 Å². The van der Waals surface area contributed by atoms with Crippen molar-refractivity contribution in [3.8, 4) is 0 Å². The third-order valence-corrected chi connectivity index (χ3v) is 2.24. The van der Waals surface area contributed by atoms with Gasteiger partial charge in [-0.1, -0.05) is 30.3 Å². The van der Waals surface area contributed by atoms with Gasteiger partial charge in [-0.3, -0.25) is 0 Å². The third kappa shape index (κ3) is 5.14. The van der Waals surface area contributed by atoms with Crippen LogP contribution in [-0.2, 0) is 16.0 Å². The van der Waals surface area contributed by atoms with Gasteiger partial charge < -0.3 is 22.9 Å². The number of quaternary nitrogens is 1. The molecule has 1 unspecified atom stereocenters. The smallest absolute Gasteiger partial charge is 0.364 e. The fraction of sp³-hybridized carbons (Fsp3) is 0.417. The van der Waals surface area contributed by atoms with Crippen molar-refractivity contribution in [3.05, 3.63) is 35.9 Å². The van der Waals surface area contributed by atoms with Gasteiger partial charge in [-0.25, -0.2) is 4.79 Å². The maximum Gasteiger partial charge on any atom is 0.364 e. The minimum Gasteiger partial charge on any atom is -1.00 e. The van der Waals surface area contributed by atoms with E-state index in [1.54, 1.807) is 0 Å². The van der Waals surface area contributed by atoms with E-state index in [2.05, 4.69) is 17.9 Å². The number of hydrogen-bond acceptors (Lipinski definition) is 2. The van der Waals surface area contributed by atoms with Gasteiger partial charge in [0.05, 0.1) is 6.61 Å². The Morgan fingerprint density at radius 2 is 2.00 bits per heavy atom. The molecule has 0 bridgehead atoms. The zero-order valence-electron chi connectivity index (χ0n) is 9.49. The Morgan fingerprint density at radius 3 is 2.56 bits per heavy atom. The molecule has 3 N–H and O–H groups in total. The molecule has 16 heavy (non-hydrogen) atoms. The number of carbonyl (C=O) groups excluding carboxylic acids is 1. The van der Waals surface area contributed by atoms with Crippen LogP contribution in [0.4, 0.5) is 0 Å². The van der Waals surface area contributed by atoms with E-state index in [0.29, 0.717) is 6.61 Å². The summed E-state index contributed by atoms with van der Waals surface area (Å²) in [6.07, 6.45) is 1.61. The molecule has 4 heteroatoms. The number of esters is 1. The Kier molecular flexibility index (Phi) is 7.60. The number of rotatable bonds is 5. The van der Waals surface area contributed by atoms with Crippen LogP contribution in [-0.4, -0.2) is 18.6 Å². The fourth-order valence-corrected chi connectivity index (χ4v) is 1.36. The molecule has 0 saturated heterocycles. The molecule has 0 amide bonds. The van der Waals surface area contributed by atoms with Crippen molar-refractivity contribution in [2.45, 2.75) is 25.8 Å². The monoisotopic (exact) mass is 244 g/mol. The van der Waals surface area contributed by atoms with Crippen LogP contribution in [0.15, 0.2) is 30.3 Å². The van der Waals surface area contributed by atoms with Gasteiger partial charge in [0.1, 0.15) is 0 Å². The number of ether oxygens (including phenoxy) is 1. The number of benzene rings is 1. The maximum absolute atomic E-state index is 11.3. The van der Waals surface area contributed by atoms with Crippen molar-refractivity contribution in [2.75, 3.05) is 6.61 Å². The minimum atomic E-state index is -0.259. The van der Waals surface area contributed by atoms with Gasteiger partial charge in [0.15, 0.2) is 6.04 Å². The average Bonchev–Trinajstić information content (AvgIpc) is 2.27. The summed E-state index contributed by atoms with van der Waals surface area (Å²) in [5.41, 5.74) is 5.03. The predicted octanol–water partition coefficient (Wildman–Crippen LogP) is -2.20. The number of halogens is 1. The summed E-state index contributed by atoms with van der Waals surface area (Å²) in [7, 11) is 0. The van der Waals surface area contributed by atoms with Crippen molar-refractivity contribution >= 4 is 5.97 Å². The van der Waals surface area contributed by atoms with Crippen molar-refractivity contribution in [3.63, 3.8) is 0 Å². The number of aryl methyl sites for hydroxylation is 1. The van der Waals surface area contributed by atoms with Crippen molar-refractivity contribution in [2.24, 2.45) is 0 Å². The molecule has 1 atom stereocenters. The van der Waals surface area contributed by atoms with Crippen LogP contribution < -0.4 is 18.1 Å². The Labute approximate surface area is 102 Å². The van der Waals surface area contributed by atoms with Crippen LogP contribution in [0.3, 0.4) is 0 Å². The summed E-state index contributed by atoms with van der Waals surface area (Å²) in [5.74, 6) is -0.201. The highest BCUT2D eigenvalue weighted by molar-refractivity contribution is 5.73. The van der Waals surface area contributed by atoms with E-state index in [1.807, 2.05) is 25.1 Å². The summed E-state index contributed by atoms with van der Waals surface area (Å²) < 4.78 is 4.89. The first-order chi connectivity index (χ1) is 7.24. The van der Waals surface area contributed by atoms with Crippen molar-refractivity contribution < 1.29 is 27.7 Å². The lowest BCUT2D eigenvalue weighted by Gasteiger charge is -2.07. The fourth-order valence-electron chi connectivity index (χ4n) is 1.36. The lowest BCUT2D eigenvalue weighted by atomic mass is 10.1. The molecule has 0 spiro atoms. The van der Waals surface area contributed by atoms with E-state index < -0.39 is 0 Å². The van der Waals surface area contributed by atoms with Crippen LogP contribution in [0, 0.1) is 0 Å². The Hall–Kier alpha value is -1.06. The lowest BCUT2D eigenvalue weighted by molar-refractivity contribution is -0.409. The molecule has 1 aromatic rings. The number of carbonyl (C=O) groups is 1. The number of hydrogen-bond donors (Lipinski definition) is 1. The van der Waals surface area contributed by atoms with Crippen molar-refractivity contribution in [1.82, 2.24) is 0 Å². The quantitative estimate of drug-likeness (QED) is 0.472. The Morgan fingerprint density at radius 1 is 1.38 bits per heavy atom. The molecule has 1 rings (SSSR count). The van der Waals surface area contributed by atoms with Gasteiger partial charge in [0.25, 0.3) is 0 Å².